The second kappa shape index (κ2) is 9.18. The molecule has 0 bridgehead atoms. The van der Waals surface area contributed by atoms with Crippen LogP contribution in [0.25, 0.3) is 0 Å². The van der Waals surface area contributed by atoms with Gasteiger partial charge in [0.1, 0.15) is 0 Å². The smallest absolute Gasteiger partial charge is 0.243 e. The number of carbonyl (C=O) groups is 1. The number of likely N-dealkylation sites (N-methyl/N-ethyl adjacent to an activating group) is 1. The molecule has 1 aromatic heterocycles. The van der Waals surface area contributed by atoms with Gasteiger partial charge in [0.05, 0.1) is 11.4 Å². The molecule has 4 rings (SSSR count). The highest BCUT2D eigenvalue weighted by molar-refractivity contribution is 7.89. The Hall–Kier alpha value is -1.74. The van der Waals surface area contributed by atoms with Gasteiger partial charge in [-0.15, -0.1) is 0 Å². The zero-order valence-electron chi connectivity index (χ0n) is 17.4. The number of hydrogen-bond donors (Lipinski definition) is 0. The molecule has 1 aromatic carbocycles. The molecule has 1 fully saturated rings. The number of carbonyl (C=O) groups excluding carboxylic acids is 1. The summed E-state index contributed by atoms with van der Waals surface area (Å²) in [5.41, 5.74) is 3.66. The first-order valence-corrected chi connectivity index (χ1v) is 12.9. The first kappa shape index (κ1) is 21.5. The highest BCUT2D eigenvalue weighted by Crippen LogP contribution is 2.26. The second-order valence-electron chi connectivity index (χ2n) is 8.23. The quantitative estimate of drug-likeness (QED) is 0.683. The number of sulfonamides is 1. The molecule has 1 amide bonds. The van der Waals surface area contributed by atoms with Gasteiger partial charge < -0.3 is 4.90 Å². The van der Waals surface area contributed by atoms with Crippen LogP contribution in [0.1, 0.15) is 29.5 Å². The molecule has 2 aliphatic rings. The largest absolute Gasteiger partial charge is 0.339 e. The van der Waals surface area contributed by atoms with E-state index in [1.807, 2.05) is 29.5 Å². The third-order valence-corrected chi connectivity index (χ3v) is 8.61. The molecule has 0 radical (unpaired) electrons. The summed E-state index contributed by atoms with van der Waals surface area (Å²) in [7, 11) is -1.58. The number of aryl methyl sites for hydroxylation is 2. The zero-order chi connectivity index (χ0) is 21.1. The Kier molecular flexibility index (Phi) is 6.57. The third-order valence-electron chi connectivity index (χ3n) is 5.99. The van der Waals surface area contributed by atoms with Crippen LogP contribution in [0, 0.1) is 0 Å². The zero-order valence-corrected chi connectivity index (χ0v) is 19.1. The van der Waals surface area contributed by atoms with Gasteiger partial charge in [-0.25, -0.2) is 8.42 Å². The monoisotopic (exact) mass is 447 g/mol. The van der Waals surface area contributed by atoms with Crippen molar-refractivity contribution in [2.45, 2.75) is 37.1 Å². The molecule has 1 aliphatic carbocycles. The SMILES string of the molecule is CN(CC(=O)N1CCN(S(=O)(=O)c2ccc3c(c2)CCCC3)CC1)Cc1ccsc1. The van der Waals surface area contributed by atoms with Gasteiger partial charge in [-0.1, -0.05) is 6.07 Å². The minimum absolute atomic E-state index is 0.0542. The molecule has 30 heavy (non-hydrogen) atoms. The third kappa shape index (κ3) is 4.77. The van der Waals surface area contributed by atoms with Crippen molar-refractivity contribution in [1.82, 2.24) is 14.1 Å². The van der Waals surface area contributed by atoms with Crippen LogP contribution in [-0.2, 0) is 34.2 Å². The fourth-order valence-corrected chi connectivity index (χ4v) is 6.41. The second-order valence-corrected chi connectivity index (χ2v) is 10.9. The molecule has 8 heteroatoms. The lowest BCUT2D eigenvalue weighted by molar-refractivity contribution is -0.133. The summed E-state index contributed by atoms with van der Waals surface area (Å²) in [5.74, 6) is 0.0542. The van der Waals surface area contributed by atoms with E-state index >= 15 is 0 Å². The first-order chi connectivity index (χ1) is 14.4. The van der Waals surface area contributed by atoms with Crippen molar-refractivity contribution in [1.29, 1.82) is 0 Å². The standard InChI is InChI=1S/C22H29N3O3S2/c1-23(15-18-8-13-29-17-18)16-22(26)24-9-11-25(12-10-24)30(27,28)21-7-6-19-4-2-3-5-20(19)14-21/h6-8,13-14,17H,2-5,9-12,15-16H2,1H3. The molecule has 2 aromatic rings. The predicted octanol–water partition coefficient (Wildman–Crippen LogP) is 2.59. The molecule has 1 aliphatic heterocycles. The average Bonchev–Trinajstić information content (AvgIpc) is 3.26. The maximum Gasteiger partial charge on any atom is 0.243 e. The number of benzene rings is 1. The molecule has 0 saturated carbocycles. The van der Waals surface area contributed by atoms with Gasteiger partial charge in [0.15, 0.2) is 0 Å². The van der Waals surface area contributed by atoms with E-state index in [1.165, 1.54) is 27.4 Å². The summed E-state index contributed by atoms with van der Waals surface area (Å²) in [4.78, 5) is 16.8. The number of nitrogens with zero attached hydrogens (tertiary/aromatic N) is 3. The van der Waals surface area contributed by atoms with Gasteiger partial charge in [-0.2, -0.15) is 15.6 Å². The molecule has 1 saturated heterocycles. The van der Waals surface area contributed by atoms with Crippen LogP contribution in [0.15, 0.2) is 39.9 Å². The van der Waals surface area contributed by atoms with Crippen molar-refractivity contribution in [3.8, 4) is 0 Å². The van der Waals surface area contributed by atoms with E-state index in [4.69, 9.17) is 0 Å². The number of fused-ring (bicyclic) bond motifs is 1. The Morgan fingerprint density at radius 3 is 2.50 bits per heavy atom. The fraction of sp³-hybridized carbons (Fsp3) is 0.500. The van der Waals surface area contributed by atoms with Crippen LogP contribution in [0.3, 0.4) is 0 Å². The van der Waals surface area contributed by atoms with Crippen LogP contribution in [0.4, 0.5) is 0 Å². The van der Waals surface area contributed by atoms with Crippen LogP contribution in [-0.4, -0.2) is 68.2 Å². The van der Waals surface area contributed by atoms with E-state index in [2.05, 4.69) is 11.4 Å². The molecule has 0 N–H and O–H groups in total. The predicted molar refractivity (Wildman–Crippen MR) is 119 cm³/mol. The van der Waals surface area contributed by atoms with Crippen molar-refractivity contribution >= 4 is 27.3 Å². The van der Waals surface area contributed by atoms with E-state index in [0.29, 0.717) is 37.6 Å². The van der Waals surface area contributed by atoms with E-state index in [-0.39, 0.29) is 5.91 Å². The van der Waals surface area contributed by atoms with Crippen molar-refractivity contribution in [3.05, 3.63) is 51.7 Å². The highest BCUT2D eigenvalue weighted by atomic mass is 32.2. The molecule has 6 nitrogen and oxygen atoms in total. The van der Waals surface area contributed by atoms with Gasteiger partial charge >= 0.3 is 0 Å². The topological polar surface area (TPSA) is 60.9 Å². The van der Waals surface area contributed by atoms with Crippen LogP contribution in [0.2, 0.25) is 0 Å². The maximum absolute atomic E-state index is 13.1. The van der Waals surface area contributed by atoms with Crippen molar-refractivity contribution < 1.29 is 13.2 Å². The lowest BCUT2D eigenvalue weighted by Crippen LogP contribution is -2.52. The van der Waals surface area contributed by atoms with Crippen LogP contribution in [0.5, 0.6) is 0 Å². The first-order valence-electron chi connectivity index (χ1n) is 10.5. The molecular formula is C22H29N3O3S2. The fourth-order valence-electron chi connectivity index (χ4n) is 4.28. The van der Waals surface area contributed by atoms with E-state index in [0.717, 1.165) is 25.8 Å². The Morgan fingerprint density at radius 1 is 1.07 bits per heavy atom. The van der Waals surface area contributed by atoms with Crippen LogP contribution < -0.4 is 0 Å². The summed E-state index contributed by atoms with van der Waals surface area (Å²) >= 11 is 1.65. The van der Waals surface area contributed by atoms with Crippen molar-refractivity contribution in [3.63, 3.8) is 0 Å². The number of piperazine rings is 1. The molecular weight excluding hydrogens is 418 g/mol. The Bertz CT molecular complexity index is 981. The minimum Gasteiger partial charge on any atom is -0.339 e. The number of rotatable bonds is 6. The summed E-state index contributed by atoms with van der Waals surface area (Å²) < 4.78 is 27.8. The van der Waals surface area contributed by atoms with Gasteiger partial charge in [0, 0.05) is 32.7 Å². The van der Waals surface area contributed by atoms with E-state index in [9.17, 15) is 13.2 Å². The Morgan fingerprint density at radius 2 is 1.80 bits per heavy atom. The number of thiophene rings is 1. The van der Waals surface area contributed by atoms with Gasteiger partial charge in [-0.05, 0) is 78.4 Å². The minimum atomic E-state index is -3.52. The summed E-state index contributed by atoms with van der Waals surface area (Å²) in [6.07, 6.45) is 4.30. The molecule has 162 valence electrons. The lowest BCUT2D eigenvalue weighted by Gasteiger charge is -2.35. The number of hydrogen-bond acceptors (Lipinski definition) is 5. The lowest BCUT2D eigenvalue weighted by atomic mass is 9.92. The summed E-state index contributed by atoms with van der Waals surface area (Å²) in [6.45, 7) is 2.65. The molecule has 0 atom stereocenters. The van der Waals surface area contributed by atoms with E-state index in [1.54, 1.807) is 22.3 Å². The Labute approximate surface area is 183 Å². The molecule has 0 unspecified atom stereocenters. The number of amides is 1. The molecule has 2 heterocycles. The molecule has 0 spiro atoms. The van der Waals surface area contributed by atoms with Gasteiger partial charge in [0.2, 0.25) is 15.9 Å². The normalized spacial score (nSPS) is 17.9. The van der Waals surface area contributed by atoms with Gasteiger partial charge in [0.25, 0.3) is 0 Å². The summed E-state index contributed by atoms with van der Waals surface area (Å²) in [6, 6.07) is 7.65. The van der Waals surface area contributed by atoms with Crippen LogP contribution >= 0.6 is 11.3 Å². The van der Waals surface area contributed by atoms with Crippen molar-refractivity contribution in [2.24, 2.45) is 0 Å². The summed E-state index contributed by atoms with van der Waals surface area (Å²) in [5, 5.41) is 4.12. The van der Waals surface area contributed by atoms with Crippen molar-refractivity contribution in [2.75, 3.05) is 39.8 Å². The van der Waals surface area contributed by atoms with E-state index < -0.39 is 10.0 Å². The van der Waals surface area contributed by atoms with Gasteiger partial charge in [-0.3, -0.25) is 9.69 Å². The maximum atomic E-state index is 13.1. The average molecular weight is 448 g/mol. The Balaban J connectivity index is 1.33. The highest BCUT2D eigenvalue weighted by Gasteiger charge is 2.30.